The molecule has 0 N–H and O–H groups in total. The van der Waals surface area contributed by atoms with Crippen molar-refractivity contribution >= 4 is 11.0 Å². The summed E-state index contributed by atoms with van der Waals surface area (Å²) in [6.07, 6.45) is 0.869. The number of ether oxygens (including phenoxy) is 3. The van der Waals surface area contributed by atoms with E-state index in [9.17, 15) is 0 Å². The van der Waals surface area contributed by atoms with Crippen LogP contribution in [0.4, 0.5) is 0 Å². The number of methoxy groups -OCH3 is 1. The van der Waals surface area contributed by atoms with Crippen LogP contribution in [0.15, 0.2) is 72.8 Å². The Labute approximate surface area is 189 Å². The van der Waals surface area contributed by atoms with Gasteiger partial charge in [-0.3, -0.25) is 0 Å². The van der Waals surface area contributed by atoms with Crippen LogP contribution in [0.1, 0.15) is 37.6 Å². The van der Waals surface area contributed by atoms with E-state index in [1.807, 2.05) is 48.5 Å². The SMILES string of the molecule is COc1ccccc1OCc1nc2ccccc2n1CCCOc1ccccc1C(C)C. The van der Waals surface area contributed by atoms with Crippen molar-refractivity contribution in [2.24, 2.45) is 0 Å². The Morgan fingerprint density at radius 3 is 2.28 bits per heavy atom. The van der Waals surface area contributed by atoms with Gasteiger partial charge in [-0.25, -0.2) is 4.98 Å². The maximum absolute atomic E-state index is 6.13. The molecule has 3 aromatic carbocycles. The monoisotopic (exact) mass is 430 g/mol. The zero-order chi connectivity index (χ0) is 22.3. The molecule has 5 nitrogen and oxygen atoms in total. The standard InChI is InChI=1S/C27H30N2O3/c1-20(2)21-11-4-7-14-24(21)31-18-10-17-29-23-13-6-5-12-22(23)28-27(29)19-32-26-16-9-8-15-25(26)30-3/h4-9,11-16,20H,10,17-19H2,1-3H3. The van der Waals surface area contributed by atoms with Crippen molar-refractivity contribution in [1.29, 1.82) is 0 Å². The summed E-state index contributed by atoms with van der Waals surface area (Å²) < 4.78 is 19.8. The summed E-state index contributed by atoms with van der Waals surface area (Å²) in [6.45, 7) is 6.19. The number of fused-ring (bicyclic) bond motifs is 1. The largest absolute Gasteiger partial charge is 0.493 e. The van der Waals surface area contributed by atoms with E-state index in [-0.39, 0.29) is 0 Å². The third-order valence-electron chi connectivity index (χ3n) is 5.48. The molecular formula is C27H30N2O3. The summed E-state index contributed by atoms with van der Waals surface area (Å²) >= 11 is 0. The lowest BCUT2D eigenvalue weighted by Gasteiger charge is -2.15. The molecule has 5 heteroatoms. The van der Waals surface area contributed by atoms with Crippen LogP contribution in [0, 0.1) is 0 Å². The second kappa shape index (κ2) is 10.2. The minimum absolute atomic E-state index is 0.367. The van der Waals surface area contributed by atoms with Gasteiger partial charge in [-0.15, -0.1) is 0 Å². The van der Waals surface area contributed by atoms with Crippen LogP contribution >= 0.6 is 0 Å². The number of para-hydroxylation sites is 5. The van der Waals surface area contributed by atoms with Crippen molar-refractivity contribution in [3.05, 3.63) is 84.2 Å². The van der Waals surface area contributed by atoms with E-state index in [0.717, 1.165) is 35.6 Å². The molecule has 1 heterocycles. The molecule has 32 heavy (non-hydrogen) atoms. The van der Waals surface area contributed by atoms with Crippen molar-refractivity contribution < 1.29 is 14.2 Å². The minimum Gasteiger partial charge on any atom is -0.493 e. The molecular weight excluding hydrogens is 400 g/mol. The highest BCUT2D eigenvalue weighted by Crippen LogP contribution is 2.28. The number of rotatable bonds is 10. The summed E-state index contributed by atoms with van der Waals surface area (Å²) in [5.41, 5.74) is 3.32. The molecule has 0 fully saturated rings. The van der Waals surface area contributed by atoms with Gasteiger partial charge in [0, 0.05) is 6.54 Å². The fourth-order valence-corrected chi connectivity index (χ4v) is 3.86. The van der Waals surface area contributed by atoms with Gasteiger partial charge in [0.2, 0.25) is 0 Å². The van der Waals surface area contributed by atoms with Gasteiger partial charge in [-0.2, -0.15) is 0 Å². The van der Waals surface area contributed by atoms with Crippen LogP contribution in [0.25, 0.3) is 11.0 Å². The number of hydrogen-bond acceptors (Lipinski definition) is 4. The van der Waals surface area contributed by atoms with Crippen LogP contribution in [0.2, 0.25) is 0 Å². The third-order valence-corrected chi connectivity index (χ3v) is 5.48. The number of nitrogens with zero attached hydrogens (tertiary/aromatic N) is 2. The Hall–Kier alpha value is -3.47. The molecule has 0 spiro atoms. The number of benzene rings is 3. The summed E-state index contributed by atoms with van der Waals surface area (Å²) in [6, 6.07) is 24.1. The number of aromatic nitrogens is 2. The first-order valence-corrected chi connectivity index (χ1v) is 11.1. The predicted octanol–water partition coefficient (Wildman–Crippen LogP) is 6.22. The van der Waals surface area contributed by atoms with E-state index < -0.39 is 0 Å². The van der Waals surface area contributed by atoms with E-state index in [2.05, 4.69) is 42.7 Å². The van der Waals surface area contributed by atoms with Crippen LogP contribution in [-0.2, 0) is 13.2 Å². The van der Waals surface area contributed by atoms with Gasteiger partial charge in [0.15, 0.2) is 11.5 Å². The molecule has 0 saturated carbocycles. The molecule has 0 unspecified atom stereocenters. The van der Waals surface area contributed by atoms with Gasteiger partial charge >= 0.3 is 0 Å². The van der Waals surface area contributed by atoms with Crippen molar-refractivity contribution in [3.63, 3.8) is 0 Å². The van der Waals surface area contributed by atoms with E-state index in [1.165, 1.54) is 5.56 Å². The molecule has 0 aliphatic rings. The highest BCUT2D eigenvalue weighted by Gasteiger charge is 2.13. The van der Waals surface area contributed by atoms with Gasteiger partial charge in [0.1, 0.15) is 18.2 Å². The molecule has 0 bridgehead atoms. The van der Waals surface area contributed by atoms with E-state index in [1.54, 1.807) is 7.11 Å². The Morgan fingerprint density at radius 1 is 0.812 bits per heavy atom. The number of imidazole rings is 1. The molecule has 0 aliphatic carbocycles. The third kappa shape index (κ3) is 4.88. The van der Waals surface area contributed by atoms with Crippen LogP contribution in [0.3, 0.4) is 0 Å². The first kappa shape index (κ1) is 21.8. The Morgan fingerprint density at radius 2 is 1.50 bits per heavy atom. The van der Waals surface area contributed by atoms with Crippen LogP contribution in [0.5, 0.6) is 17.2 Å². The van der Waals surface area contributed by atoms with Crippen molar-refractivity contribution in [2.45, 2.75) is 39.3 Å². The molecule has 0 radical (unpaired) electrons. The zero-order valence-corrected chi connectivity index (χ0v) is 19.0. The van der Waals surface area contributed by atoms with Crippen molar-refractivity contribution in [1.82, 2.24) is 9.55 Å². The first-order chi connectivity index (χ1) is 15.7. The highest BCUT2D eigenvalue weighted by molar-refractivity contribution is 5.75. The van der Waals surface area contributed by atoms with Crippen molar-refractivity contribution in [3.8, 4) is 17.2 Å². The van der Waals surface area contributed by atoms with Gasteiger partial charge in [-0.1, -0.05) is 56.3 Å². The summed E-state index contributed by atoms with van der Waals surface area (Å²) in [5, 5.41) is 0. The lowest BCUT2D eigenvalue weighted by atomic mass is 10.0. The fraction of sp³-hybridized carbons (Fsp3) is 0.296. The molecule has 0 aliphatic heterocycles. The lowest BCUT2D eigenvalue weighted by Crippen LogP contribution is -2.11. The molecule has 0 atom stereocenters. The molecule has 4 rings (SSSR count). The average Bonchev–Trinajstić information content (AvgIpc) is 3.18. The van der Waals surface area contributed by atoms with E-state index >= 15 is 0 Å². The average molecular weight is 431 g/mol. The zero-order valence-electron chi connectivity index (χ0n) is 19.0. The highest BCUT2D eigenvalue weighted by atomic mass is 16.5. The van der Waals surface area contributed by atoms with Crippen LogP contribution < -0.4 is 14.2 Å². The molecule has 0 saturated heterocycles. The first-order valence-electron chi connectivity index (χ1n) is 11.1. The second-order valence-corrected chi connectivity index (χ2v) is 8.00. The Kier molecular flexibility index (Phi) is 6.95. The number of aryl methyl sites for hydroxylation is 1. The summed E-state index contributed by atoms with van der Waals surface area (Å²) in [5.74, 6) is 3.72. The maximum atomic E-state index is 6.13. The summed E-state index contributed by atoms with van der Waals surface area (Å²) in [7, 11) is 1.65. The molecule has 0 amide bonds. The predicted molar refractivity (Wildman–Crippen MR) is 128 cm³/mol. The van der Waals surface area contributed by atoms with E-state index in [0.29, 0.717) is 30.6 Å². The normalized spacial score (nSPS) is 11.1. The lowest BCUT2D eigenvalue weighted by molar-refractivity contribution is 0.267. The molecule has 166 valence electrons. The number of hydrogen-bond donors (Lipinski definition) is 0. The maximum Gasteiger partial charge on any atom is 0.161 e. The summed E-state index contributed by atoms with van der Waals surface area (Å²) in [4.78, 5) is 4.81. The smallest absolute Gasteiger partial charge is 0.161 e. The Bertz CT molecular complexity index is 1170. The Balaban J connectivity index is 1.46. The van der Waals surface area contributed by atoms with Crippen molar-refractivity contribution in [2.75, 3.05) is 13.7 Å². The minimum atomic E-state index is 0.367. The quantitative estimate of drug-likeness (QED) is 0.280. The second-order valence-electron chi connectivity index (χ2n) is 8.00. The van der Waals surface area contributed by atoms with Gasteiger partial charge in [0.05, 0.1) is 24.8 Å². The fourth-order valence-electron chi connectivity index (χ4n) is 3.86. The van der Waals surface area contributed by atoms with Crippen LogP contribution in [-0.4, -0.2) is 23.3 Å². The molecule has 1 aromatic heterocycles. The molecule has 4 aromatic rings. The van der Waals surface area contributed by atoms with Gasteiger partial charge < -0.3 is 18.8 Å². The van der Waals surface area contributed by atoms with Gasteiger partial charge in [0.25, 0.3) is 0 Å². The van der Waals surface area contributed by atoms with Gasteiger partial charge in [-0.05, 0) is 48.2 Å². The van der Waals surface area contributed by atoms with E-state index in [4.69, 9.17) is 19.2 Å². The topological polar surface area (TPSA) is 45.5 Å².